The fourth-order valence-corrected chi connectivity index (χ4v) is 3.96. The number of fused-ring (bicyclic) bond motifs is 1. The minimum atomic E-state index is -0.721. The molecule has 166 valence electrons. The van der Waals surface area contributed by atoms with E-state index in [1.165, 1.54) is 19.2 Å². The van der Waals surface area contributed by atoms with E-state index in [0.717, 1.165) is 23.8 Å². The molecular formula is C20H23N3O8. The molecule has 1 saturated carbocycles. The molecule has 0 unspecified atom stereocenters. The zero-order valence-electron chi connectivity index (χ0n) is 17.0. The number of esters is 1. The van der Waals surface area contributed by atoms with Crippen LogP contribution in [0.25, 0.3) is 0 Å². The maximum absolute atomic E-state index is 12.4. The molecule has 31 heavy (non-hydrogen) atoms. The lowest BCUT2D eigenvalue weighted by Gasteiger charge is -2.19. The van der Waals surface area contributed by atoms with Gasteiger partial charge >= 0.3 is 5.97 Å². The first-order valence-corrected chi connectivity index (χ1v) is 9.95. The average Bonchev–Trinajstić information content (AvgIpc) is 3.01. The zero-order valence-corrected chi connectivity index (χ0v) is 17.0. The van der Waals surface area contributed by atoms with Gasteiger partial charge in [-0.3, -0.25) is 34.2 Å². The van der Waals surface area contributed by atoms with Crippen LogP contribution in [0.3, 0.4) is 0 Å². The number of hydrogen-bond donors (Lipinski definition) is 1. The first-order valence-electron chi connectivity index (χ1n) is 9.95. The third kappa shape index (κ3) is 4.98. The van der Waals surface area contributed by atoms with Gasteiger partial charge in [0.15, 0.2) is 6.61 Å². The van der Waals surface area contributed by atoms with Gasteiger partial charge in [-0.2, -0.15) is 0 Å². The number of carbonyl (C=O) groups is 4. The standard InChI is InChI=1S/C20H23N3O8/c1-30-16-10-12(23(28)29)6-7-15(16)21-17(24)11-31-18(25)8-9-22-19(26)13-4-2-3-5-14(13)20(22)27/h6-7,10,13-14H,2-5,8-9,11H2,1H3,(H,21,24)/t13-,14-/m1/s1. The Labute approximate surface area is 177 Å². The van der Waals surface area contributed by atoms with Crippen LogP contribution in [0, 0.1) is 22.0 Å². The number of carbonyl (C=O) groups excluding carboxylic acids is 4. The molecule has 1 aromatic rings. The van der Waals surface area contributed by atoms with Crippen LogP contribution in [-0.2, 0) is 23.9 Å². The molecule has 3 amide bonds. The third-order valence-electron chi connectivity index (χ3n) is 5.51. The first kappa shape index (κ1) is 22.2. The van der Waals surface area contributed by atoms with Gasteiger partial charge in [-0.15, -0.1) is 0 Å². The molecule has 1 saturated heterocycles. The number of likely N-dealkylation sites (tertiary alicyclic amines) is 1. The van der Waals surface area contributed by atoms with Gasteiger partial charge in [0.2, 0.25) is 11.8 Å². The molecule has 1 aliphatic heterocycles. The number of imide groups is 1. The number of anilines is 1. The van der Waals surface area contributed by atoms with Crippen LogP contribution in [0.4, 0.5) is 11.4 Å². The molecule has 2 fully saturated rings. The first-order chi connectivity index (χ1) is 14.8. The molecule has 0 bridgehead atoms. The maximum Gasteiger partial charge on any atom is 0.308 e. The molecule has 0 spiro atoms. The molecule has 1 heterocycles. The second-order valence-electron chi connectivity index (χ2n) is 7.43. The van der Waals surface area contributed by atoms with E-state index < -0.39 is 23.4 Å². The number of methoxy groups -OCH3 is 1. The second-order valence-corrected chi connectivity index (χ2v) is 7.43. The summed E-state index contributed by atoms with van der Waals surface area (Å²) in [6.07, 6.45) is 3.03. The van der Waals surface area contributed by atoms with Crippen LogP contribution >= 0.6 is 0 Å². The molecule has 11 heteroatoms. The van der Waals surface area contributed by atoms with Crippen molar-refractivity contribution in [3.63, 3.8) is 0 Å². The molecule has 1 N–H and O–H groups in total. The van der Waals surface area contributed by atoms with Crippen molar-refractivity contribution in [1.29, 1.82) is 0 Å². The van der Waals surface area contributed by atoms with Crippen LogP contribution in [0.1, 0.15) is 32.1 Å². The zero-order chi connectivity index (χ0) is 22.5. The lowest BCUT2D eigenvalue weighted by molar-refractivity contribution is -0.384. The summed E-state index contributed by atoms with van der Waals surface area (Å²) in [7, 11) is 1.30. The van der Waals surface area contributed by atoms with Gasteiger partial charge in [-0.25, -0.2) is 0 Å². The van der Waals surface area contributed by atoms with Gasteiger partial charge in [0.1, 0.15) is 5.75 Å². The Bertz CT molecular complexity index is 892. The fourth-order valence-electron chi connectivity index (χ4n) is 3.96. The normalized spacial score (nSPS) is 20.2. The van der Waals surface area contributed by atoms with Gasteiger partial charge in [0.25, 0.3) is 11.6 Å². The highest BCUT2D eigenvalue weighted by Gasteiger charge is 2.47. The Balaban J connectivity index is 1.47. The number of benzene rings is 1. The van der Waals surface area contributed by atoms with E-state index in [2.05, 4.69) is 5.32 Å². The Kier molecular flexibility index (Phi) is 6.83. The third-order valence-corrected chi connectivity index (χ3v) is 5.51. The smallest absolute Gasteiger partial charge is 0.308 e. The number of nitrogens with zero attached hydrogens (tertiary/aromatic N) is 2. The summed E-state index contributed by atoms with van der Waals surface area (Å²) < 4.78 is 9.93. The number of hydrogen-bond acceptors (Lipinski definition) is 8. The second kappa shape index (κ2) is 9.54. The molecule has 1 aromatic carbocycles. The van der Waals surface area contributed by atoms with E-state index in [1.807, 2.05) is 0 Å². The molecule has 0 radical (unpaired) electrons. The summed E-state index contributed by atoms with van der Waals surface area (Å²) in [4.78, 5) is 60.1. The molecule has 3 rings (SSSR count). The van der Waals surface area contributed by atoms with Gasteiger partial charge in [-0.05, 0) is 18.9 Å². The maximum atomic E-state index is 12.4. The quantitative estimate of drug-likeness (QED) is 0.282. The molecule has 0 aromatic heterocycles. The number of amides is 3. The molecular weight excluding hydrogens is 410 g/mol. The van der Waals surface area contributed by atoms with Gasteiger partial charge in [0.05, 0.1) is 42.0 Å². The monoisotopic (exact) mass is 433 g/mol. The summed E-state index contributed by atoms with van der Waals surface area (Å²) in [6.45, 7) is -0.659. The lowest BCUT2D eigenvalue weighted by atomic mass is 9.81. The Morgan fingerprint density at radius 3 is 2.42 bits per heavy atom. The molecule has 2 aliphatic rings. The van der Waals surface area contributed by atoms with Crippen LogP contribution < -0.4 is 10.1 Å². The van der Waals surface area contributed by atoms with E-state index in [4.69, 9.17) is 9.47 Å². The molecule has 2 atom stereocenters. The number of ether oxygens (including phenoxy) is 2. The number of nitro groups is 1. The number of nitrogens with one attached hydrogen (secondary N) is 1. The van der Waals surface area contributed by atoms with Crippen LogP contribution in [-0.4, -0.2) is 53.8 Å². The SMILES string of the molecule is COc1cc([N+](=O)[O-])ccc1NC(=O)COC(=O)CCN1C(=O)[C@@H]2CCCC[C@H]2C1=O. The highest BCUT2D eigenvalue weighted by molar-refractivity contribution is 6.05. The van der Waals surface area contributed by atoms with Crippen molar-refractivity contribution in [2.75, 3.05) is 25.6 Å². The summed E-state index contributed by atoms with van der Waals surface area (Å²) in [6, 6.07) is 3.66. The lowest BCUT2D eigenvalue weighted by Crippen LogP contribution is -2.33. The summed E-state index contributed by atoms with van der Waals surface area (Å²) in [5, 5.41) is 13.3. The van der Waals surface area contributed by atoms with Crippen molar-refractivity contribution in [1.82, 2.24) is 4.90 Å². The van der Waals surface area contributed by atoms with Gasteiger partial charge in [-0.1, -0.05) is 12.8 Å². The van der Waals surface area contributed by atoms with E-state index in [9.17, 15) is 29.3 Å². The summed E-state index contributed by atoms with van der Waals surface area (Å²) >= 11 is 0. The summed E-state index contributed by atoms with van der Waals surface area (Å²) in [5.74, 6) is -2.32. The van der Waals surface area contributed by atoms with Crippen molar-refractivity contribution in [3.05, 3.63) is 28.3 Å². The predicted octanol–water partition coefficient (Wildman–Crippen LogP) is 1.65. The topological polar surface area (TPSA) is 145 Å². The Morgan fingerprint density at radius 1 is 1.19 bits per heavy atom. The van der Waals surface area contributed by atoms with E-state index >= 15 is 0 Å². The minimum Gasteiger partial charge on any atom is -0.494 e. The predicted molar refractivity (Wildman–Crippen MR) is 106 cm³/mol. The van der Waals surface area contributed by atoms with Crippen molar-refractivity contribution >= 4 is 35.1 Å². The van der Waals surface area contributed by atoms with Crippen molar-refractivity contribution < 1.29 is 33.6 Å². The highest BCUT2D eigenvalue weighted by atomic mass is 16.6. The van der Waals surface area contributed by atoms with E-state index in [1.54, 1.807) is 0 Å². The molecule has 11 nitrogen and oxygen atoms in total. The van der Waals surface area contributed by atoms with Crippen molar-refractivity contribution in [2.24, 2.45) is 11.8 Å². The van der Waals surface area contributed by atoms with E-state index in [0.29, 0.717) is 12.8 Å². The van der Waals surface area contributed by atoms with E-state index in [-0.39, 0.29) is 53.7 Å². The van der Waals surface area contributed by atoms with Crippen LogP contribution in [0.5, 0.6) is 5.75 Å². The largest absolute Gasteiger partial charge is 0.494 e. The fraction of sp³-hybridized carbons (Fsp3) is 0.500. The molecule has 1 aliphatic carbocycles. The van der Waals surface area contributed by atoms with Crippen LogP contribution in [0.2, 0.25) is 0 Å². The number of rotatable bonds is 8. The number of non-ortho nitro benzene ring substituents is 1. The minimum absolute atomic E-state index is 0.0682. The Hall–Kier alpha value is -3.50. The van der Waals surface area contributed by atoms with Crippen molar-refractivity contribution in [3.8, 4) is 5.75 Å². The van der Waals surface area contributed by atoms with Gasteiger partial charge in [0, 0.05) is 12.6 Å². The van der Waals surface area contributed by atoms with Crippen LogP contribution in [0.15, 0.2) is 18.2 Å². The average molecular weight is 433 g/mol. The highest BCUT2D eigenvalue weighted by Crippen LogP contribution is 2.38. The number of nitro benzene ring substituents is 1. The van der Waals surface area contributed by atoms with Gasteiger partial charge < -0.3 is 14.8 Å². The summed E-state index contributed by atoms with van der Waals surface area (Å²) in [5.41, 5.74) is -0.0165. The van der Waals surface area contributed by atoms with Crippen molar-refractivity contribution in [2.45, 2.75) is 32.1 Å². The Morgan fingerprint density at radius 2 is 1.84 bits per heavy atom.